The van der Waals surface area contributed by atoms with Gasteiger partial charge in [-0.3, -0.25) is 19.5 Å². The van der Waals surface area contributed by atoms with Crippen molar-refractivity contribution in [2.75, 3.05) is 20.8 Å². The molecule has 9 heteroatoms. The highest BCUT2D eigenvalue weighted by Gasteiger charge is 2.33. The van der Waals surface area contributed by atoms with Crippen molar-refractivity contribution in [1.82, 2.24) is 9.88 Å². The van der Waals surface area contributed by atoms with Gasteiger partial charge in [-0.25, -0.2) is 0 Å². The number of nitrogens with zero attached hydrogens (tertiary/aromatic N) is 2. The van der Waals surface area contributed by atoms with Gasteiger partial charge in [-0.1, -0.05) is 36.1 Å². The van der Waals surface area contributed by atoms with Crippen molar-refractivity contribution in [3.8, 4) is 22.8 Å². The van der Waals surface area contributed by atoms with Gasteiger partial charge in [0.25, 0.3) is 5.91 Å². The Kier molecular flexibility index (Phi) is 5.96. The number of carbonyl (C=O) groups is 2. The number of benzene rings is 1. The molecule has 28 heavy (non-hydrogen) atoms. The molecule has 1 aromatic carbocycles. The highest BCUT2D eigenvalue weighted by atomic mass is 32.2. The van der Waals surface area contributed by atoms with Crippen LogP contribution in [0.1, 0.15) is 5.56 Å². The molecule has 1 amide bonds. The Labute approximate surface area is 171 Å². The van der Waals surface area contributed by atoms with E-state index in [1.165, 1.54) is 0 Å². The number of carbonyl (C=O) groups excluding carboxylic acids is 1. The molecule has 0 saturated carbocycles. The molecule has 0 spiro atoms. The topological polar surface area (TPSA) is 89.0 Å². The Morgan fingerprint density at radius 2 is 2.07 bits per heavy atom. The zero-order valence-corrected chi connectivity index (χ0v) is 16.7. The number of hydrogen-bond donors (Lipinski definition) is 1. The van der Waals surface area contributed by atoms with Gasteiger partial charge in [0.1, 0.15) is 10.9 Å². The molecule has 1 saturated heterocycles. The van der Waals surface area contributed by atoms with E-state index in [-0.39, 0.29) is 4.32 Å². The van der Waals surface area contributed by atoms with Crippen LogP contribution < -0.4 is 9.47 Å². The van der Waals surface area contributed by atoms with E-state index in [1.807, 2.05) is 18.2 Å². The number of ether oxygens (including phenoxy) is 2. The molecule has 3 rings (SSSR count). The molecule has 144 valence electrons. The third-order valence-corrected chi connectivity index (χ3v) is 5.31. The SMILES string of the molecule is COc1cccc(-c2ccc(/C=C3\SC(=S)N(CC(=O)O)C3=O)cn2)c1OC. The lowest BCUT2D eigenvalue weighted by Gasteiger charge is -2.12. The normalized spacial score (nSPS) is 15.2. The molecule has 0 bridgehead atoms. The van der Waals surface area contributed by atoms with Crippen LogP contribution in [0.3, 0.4) is 0 Å². The molecule has 1 N–H and O–H groups in total. The standard InChI is InChI=1S/C19H16N2O5S2/c1-25-14-5-3-4-12(17(14)26-2)13-7-6-11(9-20-13)8-15-18(24)21(10-16(22)23)19(27)28-15/h3-9H,10H2,1-2H3,(H,22,23)/b15-8-. The molecule has 0 unspecified atom stereocenters. The van der Waals surface area contributed by atoms with Crippen LogP contribution in [0, 0.1) is 0 Å². The minimum Gasteiger partial charge on any atom is -0.493 e. The van der Waals surface area contributed by atoms with Crippen LogP contribution in [-0.2, 0) is 9.59 Å². The Morgan fingerprint density at radius 1 is 1.29 bits per heavy atom. The highest BCUT2D eigenvalue weighted by Crippen LogP contribution is 2.37. The van der Waals surface area contributed by atoms with E-state index in [2.05, 4.69) is 4.98 Å². The smallest absolute Gasteiger partial charge is 0.323 e. The molecule has 1 aliphatic heterocycles. The largest absolute Gasteiger partial charge is 0.493 e. The van der Waals surface area contributed by atoms with Gasteiger partial charge >= 0.3 is 5.97 Å². The van der Waals surface area contributed by atoms with Crippen LogP contribution in [0.15, 0.2) is 41.4 Å². The van der Waals surface area contributed by atoms with E-state index < -0.39 is 18.4 Å². The maximum absolute atomic E-state index is 12.3. The lowest BCUT2D eigenvalue weighted by Crippen LogP contribution is -2.33. The van der Waals surface area contributed by atoms with E-state index in [0.717, 1.165) is 22.2 Å². The van der Waals surface area contributed by atoms with Crippen LogP contribution in [-0.4, -0.2) is 52.0 Å². The van der Waals surface area contributed by atoms with Crippen LogP contribution >= 0.6 is 24.0 Å². The molecule has 1 fully saturated rings. The summed E-state index contributed by atoms with van der Waals surface area (Å²) in [4.78, 5) is 29.1. The average molecular weight is 416 g/mol. The first kappa shape index (κ1) is 19.8. The summed E-state index contributed by atoms with van der Waals surface area (Å²) >= 11 is 6.16. The van der Waals surface area contributed by atoms with Crippen LogP contribution in [0.4, 0.5) is 0 Å². The number of aromatic nitrogens is 1. The number of methoxy groups -OCH3 is 2. The number of hydrogen-bond acceptors (Lipinski definition) is 7. The average Bonchev–Trinajstić information content (AvgIpc) is 2.94. The number of carboxylic acids is 1. The van der Waals surface area contributed by atoms with Crippen molar-refractivity contribution < 1.29 is 24.2 Å². The number of pyridine rings is 1. The molecule has 2 aromatic rings. The Morgan fingerprint density at radius 3 is 2.68 bits per heavy atom. The van der Waals surface area contributed by atoms with Gasteiger partial charge in [0.05, 0.1) is 24.8 Å². The Bertz CT molecular complexity index is 973. The predicted octanol–water partition coefficient (Wildman–Crippen LogP) is 3.05. The van der Waals surface area contributed by atoms with Gasteiger partial charge < -0.3 is 14.6 Å². The van der Waals surface area contributed by atoms with Gasteiger partial charge in [0, 0.05) is 11.8 Å². The van der Waals surface area contributed by atoms with Crippen LogP contribution in [0.25, 0.3) is 17.3 Å². The summed E-state index contributed by atoms with van der Waals surface area (Å²) in [5.74, 6) is -0.348. The number of thioether (sulfide) groups is 1. The van der Waals surface area contributed by atoms with Crippen molar-refractivity contribution in [2.45, 2.75) is 0 Å². The van der Waals surface area contributed by atoms with Crippen LogP contribution in [0.2, 0.25) is 0 Å². The quantitative estimate of drug-likeness (QED) is 0.568. The second-order valence-corrected chi connectivity index (χ2v) is 7.36. The summed E-state index contributed by atoms with van der Waals surface area (Å²) in [5, 5.41) is 8.89. The Hall–Kier alpha value is -2.91. The second-order valence-electron chi connectivity index (χ2n) is 5.68. The molecule has 1 aromatic heterocycles. The predicted molar refractivity (Wildman–Crippen MR) is 110 cm³/mol. The van der Waals surface area contributed by atoms with E-state index >= 15 is 0 Å². The molecular weight excluding hydrogens is 400 g/mol. The van der Waals surface area contributed by atoms with Crippen LogP contribution in [0.5, 0.6) is 11.5 Å². The van der Waals surface area contributed by atoms with Gasteiger partial charge in [-0.05, 0) is 29.8 Å². The lowest BCUT2D eigenvalue weighted by atomic mass is 10.1. The van der Waals surface area contributed by atoms with E-state index in [4.69, 9.17) is 26.8 Å². The number of rotatable bonds is 6. The van der Waals surface area contributed by atoms with Crippen molar-refractivity contribution >= 4 is 46.3 Å². The third-order valence-electron chi connectivity index (χ3n) is 3.93. The summed E-state index contributed by atoms with van der Waals surface area (Å²) in [6.07, 6.45) is 3.26. The fourth-order valence-corrected chi connectivity index (χ4v) is 3.92. The summed E-state index contributed by atoms with van der Waals surface area (Å²) < 4.78 is 11.0. The number of carboxylic acid groups (broad SMARTS) is 1. The maximum Gasteiger partial charge on any atom is 0.323 e. The van der Waals surface area contributed by atoms with Gasteiger partial charge in [-0.2, -0.15) is 0 Å². The van der Waals surface area contributed by atoms with Gasteiger partial charge in [-0.15, -0.1) is 0 Å². The first-order valence-corrected chi connectivity index (χ1v) is 9.31. The molecule has 1 aliphatic rings. The molecule has 0 aliphatic carbocycles. The van der Waals surface area contributed by atoms with Crippen molar-refractivity contribution in [2.24, 2.45) is 0 Å². The summed E-state index contributed by atoms with van der Waals surface area (Å²) in [7, 11) is 3.13. The summed E-state index contributed by atoms with van der Waals surface area (Å²) in [6.45, 7) is -0.450. The second kappa shape index (κ2) is 8.41. The maximum atomic E-state index is 12.3. The first-order valence-electron chi connectivity index (χ1n) is 8.09. The number of aliphatic carboxylic acids is 1. The molecule has 2 heterocycles. The number of para-hydroxylation sites is 1. The number of thiocarbonyl (C=S) groups is 1. The zero-order valence-electron chi connectivity index (χ0n) is 15.0. The fourth-order valence-electron chi connectivity index (χ4n) is 2.66. The summed E-state index contributed by atoms with van der Waals surface area (Å²) in [6, 6.07) is 9.14. The van der Waals surface area contributed by atoms with Gasteiger partial charge in [0.2, 0.25) is 0 Å². The third kappa shape index (κ3) is 4.00. The highest BCUT2D eigenvalue weighted by molar-refractivity contribution is 8.26. The minimum atomic E-state index is -1.11. The molecule has 7 nitrogen and oxygen atoms in total. The molecular formula is C19H16N2O5S2. The molecule has 0 atom stereocenters. The van der Waals surface area contributed by atoms with E-state index in [0.29, 0.717) is 27.7 Å². The zero-order chi connectivity index (χ0) is 20.3. The van der Waals surface area contributed by atoms with Crippen molar-refractivity contribution in [3.05, 3.63) is 47.0 Å². The van der Waals surface area contributed by atoms with Crippen molar-refractivity contribution in [3.63, 3.8) is 0 Å². The molecule has 0 radical (unpaired) electrons. The number of amides is 1. The van der Waals surface area contributed by atoms with Gasteiger partial charge in [0.15, 0.2) is 11.5 Å². The minimum absolute atomic E-state index is 0.226. The Balaban J connectivity index is 1.86. The fraction of sp³-hybridized carbons (Fsp3) is 0.158. The van der Waals surface area contributed by atoms with Crippen molar-refractivity contribution in [1.29, 1.82) is 0 Å². The lowest BCUT2D eigenvalue weighted by molar-refractivity contribution is -0.140. The summed E-state index contributed by atoms with van der Waals surface area (Å²) in [5.41, 5.74) is 2.16. The first-order chi connectivity index (χ1) is 13.4. The monoisotopic (exact) mass is 416 g/mol. The van der Waals surface area contributed by atoms with E-state index in [1.54, 1.807) is 38.6 Å². The van der Waals surface area contributed by atoms with E-state index in [9.17, 15) is 9.59 Å².